The van der Waals surface area contributed by atoms with E-state index in [1.807, 2.05) is 6.07 Å². The lowest BCUT2D eigenvalue weighted by Crippen LogP contribution is -2.14. The average molecular weight is 526 g/mol. The van der Waals surface area contributed by atoms with Gasteiger partial charge in [0.05, 0.1) is 24.0 Å². The molecule has 34 heavy (non-hydrogen) atoms. The number of amides is 2. The molecule has 2 aromatic carbocycles. The van der Waals surface area contributed by atoms with Crippen molar-refractivity contribution in [1.82, 2.24) is 25.6 Å². The van der Waals surface area contributed by atoms with Gasteiger partial charge < -0.3 is 20.4 Å². The summed E-state index contributed by atoms with van der Waals surface area (Å²) in [5, 5.41) is 20.4. The van der Waals surface area contributed by atoms with Crippen molar-refractivity contribution in [2.75, 3.05) is 17.7 Å². The normalized spacial score (nSPS) is 10.8. The number of hydrogen-bond donors (Lipinski definition) is 4. The summed E-state index contributed by atoms with van der Waals surface area (Å²) in [4.78, 5) is 39.6. The topological polar surface area (TPSA) is 155 Å². The Bertz CT molecular complexity index is 1350. The number of benzene rings is 2. The first-order chi connectivity index (χ1) is 16.4. The maximum Gasteiger partial charge on any atom is 0.305 e. The van der Waals surface area contributed by atoms with Crippen LogP contribution in [0.4, 0.5) is 11.4 Å². The molecule has 4 N–H and O–H groups in total. The number of methoxy groups -OCH3 is 1. The Morgan fingerprint density at radius 3 is 2.68 bits per heavy atom. The molecule has 2 aromatic heterocycles. The maximum atomic E-state index is 13.0. The predicted octanol–water partition coefficient (Wildman–Crippen LogP) is 3.64. The third kappa shape index (κ3) is 5.29. The Kier molecular flexibility index (Phi) is 6.97. The second-order valence-electron chi connectivity index (χ2n) is 7.31. The lowest BCUT2D eigenvalue weighted by molar-refractivity contribution is -0.140. The minimum Gasteiger partial charge on any atom is -0.469 e. The van der Waals surface area contributed by atoms with Gasteiger partial charge in [-0.15, -0.1) is 10.2 Å². The van der Waals surface area contributed by atoms with Crippen molar-refractivity contribution < 1.29 is 19.1 Å². The number of H-pyrrole nitrogens is 2. The first-order valence-electron chi connectivity index (χ1n) is 10.3. The van der Waals surface area contributed by atoms with Crippen LogP contribution < -0.4 is 10.6 Å². The van der Waals surface area contributed by atoms with Crippen molar-refractivity contribution in [2.45, 2.75) is 19.3 Å². The molecule has 0 aliphatic rings. The zero-order valence-electron chi connectivity index (χ0n) is 18.0. The van der Waals surface area contributed by atoms with Gasteiger partial charge in [-0.1, -0.05) is 28.1 Å². The number of carbonyl (C=O) groups excluding carboxylic acids is 3. The Labute approximate surface area is 201 Å². The molecule has 12 heteroatoms. The lowest BCUT2D eigenvalue weighted by Gasteiger charge is -2.09. The van der Waals surface area contributed by atoms with E-state index in [2.05, 4.69) is 56.9 Å². The molecule has 0 saturated heterocycles. The van der Waals surface area contributed by atoms with Crippen LogP contribution in [0, 0.1) is 0 Å². The number of aromatic nitrogens is 5. The molecule has 0 bridgehead atoms. The highest BCUT2D eigenvalue weighted by Gasteiger charge is 2.17. The number of rotatable bonds is 8. The second-order valence-corrected chi connectivity index (χ2v) is 8.23. The first-order valence-corrected chi connectivity index (χ1v) is 11.1. The van der Waals surface area contributed by atoms with Gasteiger partial charge in [0.25, 0.3) is 5.91 Å². The van der Waals surface area contributed by atoms with Crippen LogP contribution in [0.5, 0.6) is 0 Å². The summed E-state index contributed by atoms with van der Waals surface area (Å²) in [6.45, 7) is 0. The van der Waals surface area contributed by atoms with E-state index in [1.54, 1.807) is 36.4 Å². The van der Waals surface area contributed by atoms with E-state index in [-0.39, 0.29) is 30.6 Å². The van der Waals surface area contributed by atoms with Crippen LogP contribution in [-0.4, -0.2) is 50.5 Å². The molecule has 0 fully saturated rings. The molecule has 2 amide bonds. The third-order valence-electron chi connectivity index (χ3n) is 5.00. The summed E-state index contributed by atoms with van der Waals surface area (Å²) in [5.41, 5.74) is 2.56. The number of carbonyl (C=O) groups is 3. The molecule has 0 saturated carbocycles. The second kappa shape index (κ2) is 10.3. The quantitative estimate of drug-likeness (QED) is 0.256. The van der Waals surface area contributed by atoms with Crippen molar-refractivity contribution in [3.8, 4) is 11.4 Å². The number of nitrogens with zero attached hydrogens (tertiary/aromatic N) is 3. The molecule has 0 aliphatic carbocycles. The number of para-hydroxylation sites is 1. The minimum absolute atomic E-state index is 0.169. The summed E-state index contributed by atoms with van der Waals surface area (Å²) in [6.07, 6.45) is 0.716. The Balaban J connectivity index is 1.51. The molecule has 11 nitrogen and oxygen atoms in total. The Morgan fingerprint density at radius 2 is 1.91 bits per heavy atom. The zero-order valence-corrected chi connectivity index (χ0v) is 19.6. The van der Waals surface area contributed by atoms with E-state index >= 15 is 0 Å². The fourth-order valence-corrected chi connectivity index (χ4v) is 3.73. The van der Waals surface area contributed by atoms with Gasteiger partial charge in [0.15, 0.2) is 0 Å². The van der Waals surface area contributed by atoms with Crippen LogP contribution in [0.3, 0.4) is 0 Å². The van der Waals surface area contributed by atoms with E-state index in [4.69, 9.17) is 0 Å². The van der Waals surface area contributed by atoms with Gasteiger partial charge >= 0.3 is 5.97 Å². The van der Waals surface area contributed by atoms with E-state index in [0.29, 0.717) is 40.4 Å². The zero-order chi connectivity index (χ0) is 24.1. The number of nitrogens with one attached hydrogen (secondary N) is 4. The van der Waals surface area contributed by atoms with Crippen LogP contribution in [0.15, 0.2) is 46.9 Å². The van der Waals surface area contributed by atoms with Gasteiger partial charge in [0.1, 0.15) is 5.69 Å². The number of aromatic amines is 2. The molecule has 0 atom stereocenters. The largest absolute Gasteiger partial charge is 0.469 e. The standard InChI is InChI=1S/C22H20BrN7O4/c1-34-19(32)7-3-6-18(31)24-16-5-2-4-12-10-17(25-20(12)16)22(33)26-15-9-8-13(23)11-14(15)21-27-29-30-28-21/h2,4-5,8-11,25H,3,6-7H2,1H3,(H,24,31)(H,26,33)(H,27,28,29,30). The van der Waals surface area contributed by atoms with Crippen molar-refractivity contribution >= 4 is 56.0 Å². The molecular weight excluding hydrogens is 506 g/mol. The van der Waals surface area contributed by atoms with Crippen molar-refractivity contribution in [1.29, 1.82) is 0 Å². The highest BCUT2D eigenvalue weighted by Crippen LogP contribution is 2.29. The van der Waals surface area contributed by atoms with Gasteiger partial charge in [-0.25, -0.2) is 0 Å². The van der Waals surface area contributed by atoms with Crippen LogP contribution >= 0.6 is 15.9 Å². The maximum absolute atomic E-state index is 13.0. The highest BCUT2D eigenvalue weighted by molar-refractivity contribution is 9.10. The van der Waals surface area contributed by atoms with Gasteiger partial charge in [-0.3, -0.25) is 14.4 Å². The fraction of sp³-hybridized carbons (Fsp3) is 0.182. The van der Waals surface area contributed by atoms with Crippen molar-refractivity contribution in [3.05, 3.63) is 52.6 Å². The number of ether oxygens (including phenoxy) is 1. The van der Waals surface area contributed by atoms with Gasteiger partial charge in [-0.2, -0.15) is 5.21 Å². The molecular formula is C22H20BrN7O4. The molecule has 174 valence electrons. The van der Waals surface area contributed by atoms with Gasteiger partial charge in [0, 0.05) is 28.3 Å². The van der Waals surface area contributed by atoms with E-state index in [0.717, 1.165) is 9.86 Å². The van der Waals surface area contributed by atoms with Gasteiger partial charge in [0.2, 0.25) is 11.7 Å². The molecule has 0 radical (unpaired) electrons. The number of tetrazole rings is 1. The van der Waals surface area contributed by atoms with Crippen LogP contribution in [0.25, 0.3) is 22.3 Å². The number of fused-ring (bicyclic) bond motifs is 1. The van der Waals surface area contributed by atoms with Gasteiger partial charge in [-0.05, 0) is 42.0 Å². The average Bonchev–Trinajstić information content (AvgIpc) is 3.51. The summed E-state index contributed by atoms with van der Waals surface area (Å²) >= 11 is 3.41. The summed E-state index contributed by atoms with van der Waals surface area (Å²) < 4.78 is 5.38. The molecule has 0 aliphatic heterocycles. The Morgan fingerprint density at radius 1 is 1.06 bits per heavy atom. The first kappa shape index (κ1) is 23.1. The van der Waals surface area contributed by atoms with Crippen molar-refractivity contribution in [2.24, 2.45) is 0 Å². The lowest BCUT2D eigenvalue weighted by atomic mass is 10.1. The molecule has 4 rings (SSSR count). The van der Waals surface area contributed by atoms with E-state index in [1.165, 1.54) is 7.11 Å². The monoisotopic (exact) mass is 525 g/mol. The van der Waals surface area contributed by atoms with Crippen LogP contribution in [0.2, 0.25) is 0 Å². The number of anilines is 2. The third-order valence-corrected chi connectivity index (χ3v) is 5.50. The Hall–Kier alpha value is -4.06. The van der Waals surface area contributed by atoms with Crippen LogP contribution in [-0.2, 0) is 14.3 Å². The molecule has 0 unspecified atom stereocenters. The van der Waals surface area contributed by atoms with Crippen LogP contribution in [0.1, 0.15) is 29.8 Å². The van der Waals surface area contributed by atoms with Crippen molar-refractivity contribution in [3.63, 3.8) is 0 Å². The minimum atomic E-state index is -0.376. The smallest absolute Gasteiger partial charge is 0.305 e. The van der Waals surface area contributed by atoms with E-state index < -0.39 is 0 Å². The SMILES string of the molecule is COC(=O)CCCC(=O)Nc1cccc2cc(C(=O)Nc3ccc(Br)cc3-c3nn[nH]n3)[nH]c12. The summed E-state index contributed by atoms with van der Waals surface area (Å²) in [5.74, 6) is -0.635. The molecule has 2 heterocycles. The number of halogens is 1. The summed E-state index contributed by atoms with van der Waals surface area (Å²) in [7, 11) is 1.31. The predicted molar refractivity (Wildman–Crippen MR) is 128 cm³/mol. The van der Waals surface area contributed by atoms with E-state index in [9.17, 15) is 14.4 Å². The number of esters is 1. The molecule has 4 aromatic rings. The number of hydrogen-bond acceptors (Lipinski definition) is 7. The fourth-order valence-electron chi connectivity index (χ4n) is 3.37. The molecule has 0 spiro atoms. The summed E-state index contributed by atoms with van der Waals surface area (Å²) in [6, 6.07) is 12.4. The highest BCUT2D eigenvalue weighted by atomic mass is 79.9.